The molecule has 0 aliphatic carbocycles. The summed E-state index contributed by atoms with van der Waals surface area (Å²) in [6.45, 7) is 2.09. The molecule has 4 heteroatoms. The fraction of sp³-hybridized carbons (Fsp3) is 0.154. The van der Waals surface area contributed by atoms with E-state index in [1.165, 1.54) is 0 Å². The first-order chi connectivity index (χ1) is 8.19. The molecule has 0 amide bonds. The van der Waals surface area contributed by atoms with Gasteiger partial charge >= 0.3 is 0 Å². The topological polar surface area (TPSA) is 17.1 Å². The van der Waals surface area contributed by atoms with E-state index in [0.29, 0.717) is 0 Å². The van der Waals surface area contributed by atoms with Gasteiger partial charge in [-0.25, -0.2) is 0 Å². The van der Waals surface area contributed by atoms with Crippen molar-refractivity contribution in [2.24, 2.45) is 0 Å². The summed E-state index contributed by atoms with van der Waals surface area (Å²) in [6, 6.07) is 11.4. The van der Waals surface area contributed by atoms with Crippen LogP contribution in [0.25, 0.3) is 10.4 Å². The molecule has 0 bridgehead atoms. The second-order valence-corrected chi connectivity index (χ2v) is 6.98. The molecule has 0 saturated carbocycles. The lowest BCUT2D eigenvalue weighted by molar-refractivity contribution is 1.49. The van der Waals surface area contributed by atoms with E-state index in [-0.39, 0.29) is 5.43 Å². The summed E-state index contributed by atoms with van der Waals surface area (Å²) in [7, 11) is 0. The highest BCUT2D eigenvalue weighted by atomic mass is 79.9. The van der Waals surface area contributed by atoms with Gasteiger partial charge in [-0.1, -0.05) is 35.0 Å². The van der Waals surface area contributed by atoms with Crippen molar-refractivity contribution in [1.29, 1.82) is 0 Å². The first-order valence-corrected chi connectivity index (χ1v) is 7.82. The van der Waals surface area contributed by atoms with Gasteiger partial charge in [-0.05, 0) is 23.4 Å². The molecule has 1 heterocycles. The van der Waals surface area contributed by atoms with E-state index in [4.69, 9.17) is 0 Å². The third kappa shape index (κ3) is 3.44. The van der Waals surface area contributed by atoms with Crippen LogP contribution in [0.1, 0.15) is 6.92 Å². The lowest BCUT2D eigenvalue weighted by atomic mass is 10.2. The summed E-state index contributed by atoms with van der Waals surface area (Å²) in [4.78, 5) is 12.6. The van der Waals surface area contributed by atoms with E-state index in [1.807, 2.05) is 24.3 Å². The van der Waals surface area contributed by atoms with Crippen LogP contribution in [0.5, 0.6) is 0 Å². The highest BCUT2D eigenvalue weighted by molar-refractivity contribution is 9.10. The van der Waals surface area contributed by atoms with Gasteiger partial charge in [0.2, 0.25) is 0 Å². The van der Waals surface area contributed by atoms with Crippen molar-refractivity contribution < 1.29 is 0 Å². The van der Waals surface area contributed by atoms with Gasteiger partial charge in [-0.2, -0.15) is 0 Å². The van der Waals surface area contributed by atoms with Gasteiger partial charge in [0, 0.05) is 21.5 Å². The smallest absolute Gasteiger partial charge is 0.182 e. The fourth-order valence-corrected chi connectivity index (χ4v) is 3.85. The molecular weight excluding hydrogens is 316 g/mol. The van der Waals surface area contributed by atoms with Crippen LogP contribution in [0.3, 0.4) is 0 Å². The minimum atomic E-state index is 0.0811. The second kappa shape index (κ2) is 5.85. The van der Waals surface area contributed by atoms with E-state index in [9.17, 15) is 4.79 Å². The van der Waals surface area contributed by atoms with Crippen LogP contribution in [-0.4, -0.2) is 5.75 Å². The van der Waals surface area contributed by atoms with E-state index < -0.39 is 0 Å². The Hall–Kier alpha value is -0.580. The number of rotatable bonds is 3. The van der Waals surface area contributed by atoms with Crippen molar-refractivity contribution in [3.63, 3.8) is 0 Å². The van der Waals surface area contributed by atoms with Gasteiger partial charge in [-0.15, -0.1) is 23.1 Å². The molecular formula is C13H11BrOS2. The zero-order valence-corrected chi connectivity index (χ0v) is 12.5. The second-order valence-electron chi connectivity index (χ2n) is 3.42. The Balaban J connectivity index is 2.44. The maximum atomic E-state index is 11.6. The molecule has 0 aliphatic rings. The standard InChI is InChI=1S/C13H11BrOS2/c1-2-16-13-8-11(15)7-12(17-13)9-3-5-10(14)6-4-9/h3-8H,2H2,1H3. The molecule has 0 fully saturated rings. The van der Waals surface area contributed by atoms with Gasteiger partial charge in [0.05, 0.1) is 4.21 Å². The summed E-state index contributed by atoms with van der Waals surface area (Å²) < 4.78 is 2.13. The van der Waals surface area contributed by atoms with Crippen LogP contribution in [0, 0.1) is 0 Å². The maximum Gasteiger partial charge on any atom is 0.182 e. The Morgan fingerprint density at radius 3 is 2.59 bits per heavy atom. The lowest BCUT2D eigenvalue weighted by Gasteiger charge is -2.03. The summed E-state index contributed by atoms with van der Waals surface area (Å²) in [5.74, 6) is 0.986. The Morgan fingerprint density at radius 2 is 1.94 bits per heavy atom. The predicted molar refractivity (Wildman–Crippen MR) is 80.1 cm³/mol. The van der Waals surface area contributed by atoms with Crippen LogP contribution in [-0.2, 0) is 0 Å². The zero-order valence-electron chi connectivity index (χ0n) is 9.27. The minimum Gasteiger partial charge on any atom is -0.290 e. The van der Waals surface area contributed by atoms with E-state index in [1.54, 1.807) is 35.2 Å². The molecule has 0 N–H and O–H groups in total. The molecule has 1 aromatic heterocycles. The molecule has 17 heavy (non-hydrogen) atoms. The maximum absolute atomic E-state index is 11.6. The van der Waals surface area contributed by atoms with Gasteiger partial charge < -0.3 is 0 Å². The van der Waals surface area contributed by atoms with E-state index in [0.717, 1.165) is 24.9 Å². The third-order valence-electron chi connectivity index (χ3n) is 2.16. The number of thioether (sulfide) groups is 1. The molecule has 88 valence electrons. The van der Waals surface area contributed by atoms with Crippen molar-refractivity contribution in [3.8, 4) is 10.4 Å². The molecule has 0 unspecified atom stereocenters. The van der Waals surface area contributed by atoms with Crippen LogP contribution < -0.4 is 5.43 Å². The Labute approximate surface area is 117 Å². The van der Waals surface area contributed by atoms with E-state index >= 15 is 0 Å². The first-order valence-electron chi connectivity index (χ1n) is 5.23. The molecule has 0 atom stereocenters. The van der Waals surface area contributed by atoms with Gasteiger partial charge in [0.1, 0.15) is 0 Å². The molecule has 1 nitrogen and oxygen atoms in total. The fourth-order valence-electron chi connectivity index (χ4n) is 1.42. The Kier molecular flexibility index (Phi) is 4.42. The third-order valence-corrected chi connectivity index (χ3v) is 4.88. The van der Waals surface area contributed by atoms with Crippen LogP contribution in [0.2, 0.25) is 0 Å². The van der Waals surface area contributed by atoms with Gasteiger partial charge in [0.15, 0.2) is 5.43 Å². The average Bonchev–Trinajstić information content (AvgIpc) is 2.29. The molecule has 1 aromatic carbocycles. The van der Waals surface area contributed by atoms with Crippen LogP contribution in [0.15, 0.2) is 49.9 Å². The monoisotopic (exact) mass is 326 g/mol. The minimum absolute atomic E-state index is 0.0811. The van der Waals surface area contributed by atoms with Crippen molar-refractivity contribution in [2.75, 3.05) is 5.75 Å². The predicted octanol–water partition coefficient (Wildman–Crippen LogP) is 4.65. The molecule has 0 radical (unpaired) electrons. The van der Waals surface area contributed by atoms with Gasteiger partial charge in [0.25, 0.3) is 0 Å². The number of halogens is 1. The highest BCUT2D eigenvalue weighted by Crippen LogP contribution is 2.30. The van der Waals surface area contributed by atoms with Crippen molar-refractivity contribution >= 4 is 39.0 Å². The van der Waals surface area contributed by atoms with E-state index in [2.05, 4.69) is 22.9 Å². The average molecular weight is 327 g/mol. The zero-order chi connectivity index (χ0) is 12.3. The number of hydrogen-bond donors (Lipinski definition) is 0. The molecule has 0 aliphatic heterocycles. The van der Waals surface area contributed by atoms with Crippen LogP contribution >= 0.6 is 39.0 Å². The molecule has 0 saturated heterocycles. The summed E-state index contributed by atoms with van der Waals surface area (Å²) >= 11 is 6.79. The Morgan fingerprint density at radius 1 is 1.24 bits per heavy atom. The summed E-state index contributed by atoms with van der Waals surface area (Å²) in [5, 5.41) is 0. The Bertz CT molecular complexity index is 560. The summed E-state index contributed by atoms with van der Waals surface area (Å²) in [6.07, 6.45) is 0. The molecule has 2 rings (SSSR count). The first kappa shape index (κ1) is 12.9. The van der Waals surface area contributed by atoms with Crippen molar-refractivity contribution in [1.82, 2.24) is 0 Å². The quantitative estimate of drug-likeness (QED) is 0.763. The number of benzene rings is 1. The largest absolute Gasteiger partial charge is 0.290 e. The van der Waals surface area contributed by atoms with Gasteiger partial charge in [-0.3, -0.25) is 4.79 Å². The van der Waals surface area contributed by atoms with Crippen molar-refractivity contribution in [3.05, 3.63) is 51.1 Å². The highest BCUT2D eigenvalue weighted by Gasteiger charge is 2.03. The molecule has 2 aromatic rings. The van der Waals surface area contributed by atoms with Crippen LogP contribution in [0.4, 0.5) is 0 Å². The summed E-state index contributed by atoms with van der Waals surface area (Å²) in [5.41, 5.74) is 1.17. The van der Waals surface area contributed by atoms with Crippen molar-refractivity contribution in [2.45, 2.75) is 11.1 Å². The lowest BCUT2D eigenvalue weighted by Crippen LogP contribution is -1.96. The molecule has 0 spiro atoms. The SMILES string of the molecule is CCSc1cc(=O)cc(-c2ccc(Br)cc2)s1. The normalized spacial score (nSPS) is 10.5. The number of hydrogen-bond acceptors (Lipinski definition) is 3.